The second-order valence-corrected chi connectivity index (χ2v) is 5.69. The van der Waals surface area contributed by atoms with Crippen LogP contribution in [0, 0.1) is 6.92 Å². The molecule has 0 unspecified atom stereocenters. The average molecular weight is 311 g/mol. The van der Waals surface area contributed by atoms with Gasteiger partial charge in [-0.3, -0.25) is 0 Å². The van der Waals surface area contributed by atoms with Crippen molar-refractivity contribution in [2.75, 3.05) is 0 Å². The molecule has 0 saturated carbocycles. The third kappa shape index (κ3) is 2.02. The number of hydrogen-bond donors (Lipinski definition) is 0. The molecule has 0 bridgehead atoms. The van der Waals surface area contributed by atoms with Crippen molar-refractivity contribution in [1.82, 2.24) is 0 Å². The average Bonchev–Trinajstić information content (AvgIpc) is 2.89. The number of benzene rings is 2. The van der Waals surface area contributed by atoms with Crippen molar-refractivity contribution in [3.63, 3.8) is 0 Å². The monoisotopic (exact) mass is 310 g/mol. The molecule has 4 heteroatoms. The van der Waals surface area contributed by atoms with Crippen LogP contribution in [0.25, 0.3) is 33.1 Å². The van der Waals surface area contributed by atoms with Crippen LogP contribution in [-0.4, -0.2) is 0 Å². The van der Waals surface area contributed by atoms with E-state index in [0.29, 0.717) is 16.2 Å². The van der Waals surface area contributed by atoms with Crippen LogP contribution in [0.2, 0.25) is 5.02 Å². The fourth-order valence-corrected chi connectivity index (χ4v) is 2.82. The topological polar surface area (TPSA) is 43.4 Å². The van der Waals surface area contributed by atoms with Gasteiger partial charge in [0.05, 0.1) is 6.26 Å². The highest BCUT2D eigenvalue weighted by molar-refractivity contribution is 6.30. The van der Waals surface area contributed by atoms with Crippen LogP contribution in [0.5, 0.6) is 0 Å². The van der Waals surface area contributed by atoms with Crippen molar-refractivity contribution >= 4 is 33.5 Å². The fraction of sp³-hybridized carbons (Fsp3) is 0.0556. The number of aryl methyl sites for hydroxylation is 1. The van der Waals surface area contributed by atoms with Gasteiger partial charge in [-0.2, -0.15) is 0 Å². The molecule has 2 aromatic carbocycles. The van der Waals surface area contributed by atoms with E-state index in [1.165, 1.54) is 6.07 Å². The van der Waals surface area contributed by atoms with E-state index in [4.69, 9.17) is 20.4 Å². The highest BCUT2D eigenvalue weighted by Crippen LogP contribution is 2.34. The van der Waals surface area contributed by atoms with Gasteiger partial charge in [0.25, 0.3) is 0 Å². The molecule has 22 heavy (non-hydrogen) atoms. The minimum Gasteiger partial charge on any atom is -0.464 e. The van der Waals surface area contributed by atoms with Gasteiger partial charge < -0.3 is 8.83 Å². The Kier molecular flexibility index (Phi) is 2.84. The van der Waals surface area contributed by atoms with Crippen molar-refractivity contribution in [3.8, 4) is 11.1 Å². The van der Waals surface area contributed by atoms with Crippen LogP contribution in [0.3, 0.4) is 0 Å². The molecule has 0 aliphatic rings. The molecule has 0 N–H and O–H groups in total. The van der Waals surface area contributed by atoms with Crippen LogP contribution in [0.15, 0.2) is 62.4 Å². The number of rotatable bonds is 1. The Balaban J connectivity index is 2.04. The first-order valence-electron chi connectivity index (χ1n) is 6.83. The molecular formula is C18H11ClO3. The van der Waals surface area contributed by atoms with E-state index in [0.717, 1.165) is 27.5 Å². The number of fused-ring (bicyclic) bond motifs is 2. The quantitative estimate of drug-likeness (QED) is 0.456. The number of furan rings is 1. The molecule has 3 nitrogen and oxygen atoms in total. The van der Waals surface area contributed by atoms with Crippen molar-refractivity contribution in [3.05, 3.63) is 69.7 Å². The summed E-state index contributed by atoms with van der Waals surface area (Å²) in [5.74, 6) is 0. The molecule has 0 fully saturated rings. The second-order valence-electron chi connectivity index (χ2n) is 5.25. The highest BCUT2D eigenvalue weighted by atomic mass is 35.5. The first kappa shape index (κ1) is 13.2. The predicted octanol–water partition coefficient (Wildman–Crippen LogP) is 5.17. The lowest BCUT2D eigenvalue weighted by Crippen LogP contribution is -1.97. The Labute approximate surface area is 130 Å². The van der Waals surface area contributed by atoms with Crippen LogP contribution in [0.4, 0.5) is 0 Å². The molecule has 0 aliphatic carbocycles. The molecule has 0 atom stereocenters. The van der Waals surface area contributed by atoms with E-state index >= 15 is 0 Å². The molecule has 0 aliphatic heterocycles. The third-order valence-electron chi connectivity index (χ3n) is 3.80. The third-order valence-corrected chi connectivity index (χ3v) is 4.05. The maximum absolute atomic E-state index is 11.5. The molecule has 0 spiro atoms. The smallest absolute Gasteiger partial charge is 0.336 e. The van der Waals surface area contributed by atoms with Gasteiger partial charge in [0.15, 0.2) is 0 Å². The summed E-state index contributed by atoms with van der Waals surface area (Å²) in [7, 11) is 0. The van der Waals surface area contributed by atoms with Crippen molar-refractivity contribution in [2.24, 2.45) is 0 Å². The Bertz CT molecular complexity index is 1060. The fourth-order valence-electron chi connectivity index (χ4n) is 2.69. The summed E-state index contributed by atoms with van der Waals surface area (Å²) in [6.07, 6.45) is 1.71. The minimum atomic E-state index is -0.353. The van der Waals surface area contributed by atoms with Crippen molar-refractivity contribution < 1.29 is 8.83 Å². The second kappa shape index (κ2) is 4.75. The maximum atomic E-state index is 11.5. The molecule has 0 saturated heterocycles. The summed E-state index contributed by atoms with van der Waals surface area (Å²) < 4.78 is 10.9. The van der Waals surface area contributed by atoms with E-state index in [1.807, 2.05) is 37.3 Å². The molecule has 2 aromatic heterocycles. The SMILES string of the molecule is Cc1cc(=O)oc2cc3occ(-c4ccc(Cl)cc4)c3cc12. The predicted molar refractivity (Wildman–Crippen MR) is 87.4 cm³/mol. The lowest BCUT2D eigenvalue weighted by atomic mass is 10.0. The zero-order valence-corrected chi connectivity index (χ0v) is 12.5. The molecule has 4 aromatic rings. The Morgan fingerprint density at radius 2 is 1.73 bits per heavy atom. The van der Waals surface area contributed by atoms with Gasteiger partial charge in [0, 0.05) is 33.5 Å². The highest BCUT2D eigenvalue weighted by Gasteiger charge is 2.12. The summed E-state index contributed by atoms with van der Waals surface area (Å²) in [6.45, 7) is 1.90. The standard InChI is InChI=1S/C18H11ClO3/c1-10-6-18(20)22-17-8-16-14(7-13(10)17)15(9-21-16)11-2-4-12(19)5-3-11/h2-9H,1H3. The van der Waals surface area contributed by atoms with Gasteiger partial charge in [0.2, 0.25) is 0 Å². The van der Waals surface area contributed by atoms with Gasteiger partial charge in [-0.15, -0.1) is 0 Å². The summed E-state index contributed by atoms with van der Waals surface area (Å²) in [5, 5.41) is 2.58. The van der Waals surface area contributed by atoms with Gasteiger partial charge >= 0.3 is 5.63 Å². The van der Waals surface area contributed by atoms with Crippen LogP contribution in [0.1, 0.15) is 5.56 Å². The lowest BCUT2D eigenvalue weighted by molar-refractivity contribution is 0.558. The zero-order valence-electron chi connectivity index (χ0n) is 11.7. The molecule has 0 amide bonds. The molecule has 0 radical (unpaired) electrons. The normalized spacial score (nSPS) is 11.4. The Hall–Kier alpha value is -2.52. The summed E-state index contributed by atoms with van der Waals surface area (Å²) in [5.41, 5.74) is 3.77. The van der Waals surface area contributed by atoms with Crippen LogP contribution in [-0.2, 0) is 0 Å². The zero-order chi connectivity index (χ0) is 15.3. The van der Waals surface area contributed by atoms with Crippen molar-refractivity contribution in [1.29, 1.82) is 0 Å². The maximum Gasteiger partial charge on any atom is 0.336 e. The van der Waals surface area contributed by atoms with E-state index in [9.17, 15) is 4.79 Å². The van der Waals surface area contributed by atoms with Gasteiger partial charge in [0.1, 0.15) is 11.2 Å². The molecule has 4 rings (SSSR count). The Morgan fingerprint density at radius 1 is 0.955 bits per heavy atom. The van der Waals surface area contributed by atoms with E-state index < -0.39 is 0 Å². The summed E-state index contributed by atoms with van der Waals surface area (Å²) >= 11 is 5.94. The van der Waals surface area contributed by atoms with Crippen LogP contribution >= 0.6 is 11.6 Å². The largest absolute Gasteiger partial charge is 0.464 e. The number of halogens is 1. The van der Waals surface area contributed by atoms with Gasteiger partial charge in [-0.1, -0.05) is 23.7 Å². The summed E-state index contributed by atoms with van der Waals surface area (Å²) in [4.78, 5) is 11.5. The van der Waals surface area contributed by atoms with E-state index in [1.54, 1.807) is 12.3 Å². The minimum absolute atomic E-state index is 0.353. The summed E-state index contributed by atoms with van der Waals surface area (Å²) in [6, 6.07) is 12.9. The van der Waals surface area contributed by atoms with Crippen molar-refractivity contribution in [2.45, 2.75) is 6.92 Å². The van der Waals surface area contributed by atoms with Crippen LogP contribution < -0.4 is 5.63 Å². The van der Waals surface area contributed by atoms with E-state index in [2.05, 4.69) is 0 Å². The number of hydrogen-bond acceptors (Lipinski definition) is 3. The molecular weight excluding hydrogens is 300 g/mol. The van der Waals surface area contributed by atoms with Gasteiger partial charge in [-0.25, -0.2) is 4.79 Å². The molecule has 108 valence electrons. The Morgan fingerprint density at radius 3 is 2.50 bits per heavy atom. The first-order valence-corrected chi connectivity index (χ1v) is 7.21. The van der Waals surface area contributed by atoms with Gasteiger partial charge in [-0.05, 0) is 36.2 Å². The molecule has 2 heterocycles. The van der Waals surface area contributed by atoms with E-state index in [-0.39, 0.29) is 5.63 Å². The first-order chi connectivity index (χ1) is 10.6. The lowest BCUT2D eigenvalue weighted by Gasteiger charge is -2.02.